The maximum absolute atomic E-state index is 12.9. The van der Waals surface area contributed by atoms with Gasteiger partial charge in [-0.25, -0.2) is 26.3 Å². The maximum Gasteiger partial charge on any atom is 0.267 e. The number of rotatable bonds is 8. The van der Waals surface area contributed by atoms with Gasteiger partial charge < -0.3 is 0 Å². The van der Waals surface area contributed by atoms with Crippen LogP contribution >= 0.6 is 11.3 Å². The van der Waals surface area contributed by atoms with Crippen molar-refractivity contribution in [2.24, 2.45) is 5.14 Å². The number of unbranched alkanes of at least 4 members (excludes halogenated alkanes) is 2. The SMILES string of the molecule is CCCCCN(c1nnc(S(N)(=O)=O)s1)S(=O)(=O)c1ccccc1. The zero-order valence-electron chi connectivity index (χ0n) is 13.0. The van der Waals surface area contributed by atoms with Gasteiger partial charge in [0.2, 0.25) is 9.47 Å². The van der Waals surface area contributed by atoms with Gasteiger partial charge in [0.15, 0.2) is 0 Å². The second kappa shape index (κ2) is 7.55. The van der Waals surface area contributed by atoms with Crippen LogP contribution < -0.4 is 9.44 Å². The second-order valence-electron chi connectivity index (χ2n) is 4.99. The Bertz CT molecular complexity index is 879. The summed E-state index contributed by atoms with van der Waals surface area (Å²) in [5.41, 5.74) is 0. The van der Waals surface area contributed by atoms with Crippen molar-refractivity contribution in [2.75, 3.05) is 10.8 Å². The Labute approximate surface area is 145 Å². The van der Waals surface area contributed by atoms with E-state index >= 15 is 0 Å². The van der Waals surface area contributed by atoms with Crippen molar-refractivity contribution >= 4 is 36.5 Å². The van der Waals surface area contributed by atoms with E-state index < -0.39 is 24.4 Å². The fraction of sp³-hybridized carbons (Fsp3) is 0.385. The second-order valence-corrected chi connectivity index (χ2v) is 9.55. The Hall–Kier alpha value is -1.56. The average Bonchev–Trinajstić information content (AvgIpc) is 3.02. The molecule has 0 aliphatic carbocycles. The van der Waals surface area contributed by atoms with Crippen molar-refractivity contribution in [1.29, 1.82) is 0 Å². The number of aromatic nitrogens is 2. The highest BCUT2D eigenvalue weighted by Gasteiger charge is 2.29. The predicted molar refractivity (Wildman–Crippen MR) is 91.8 cm³/mol. The number of anilines is 1. The summed E-state index contributed by atoms with van der Waals surface area (Å²) >= 11 is 0.639. The van der Waals surface area contributed by atoms with Gasteiger partial charge in [-0.05, 0) is 18.6 Å². The van der Waals surface area contributed by atoms with Gasteiger partial charge in [0.1, 0.15) is 0 Å². The van der Waals surface area contributed by atoms with E-state index in [1.54, 1.807) is 18.2 Å². The van der Waals surface area contributed by atoms with Gasteiger partial charge in [-0.3, -0.25) is 0 Å². The van der Waals surface area contributed by atoms with Crippen LogP contribution in [0.1, 0.15) is 26.2 Å². The van der Waals surface area contributed by atoms with E-state index in [0.717, 1.165) is 17.1 Å². The minimum absolute atomic E-state index is 0.0148. The van der Waals surface area contributed by atoms with Crippen molar-refractivity contribution < 1.29 is 16.8 Å². The minimum atomic E-state index is -4.03. The molecule has 0 amide bonds. The summed E-state index contributed by atoms with van der Waals surface area (Å²) in [4.78, 5) is 0.105. The van der Waals surface area contributed by atoms with E-state index in [1.807, 2.05) is 6.92 Å². The molecule has 0 radical (unpaired) electrons. The molecule has 1 heterocycles. The molecule has 1 aromatic heterocycles. The van der Waals surface area contributed by atoms with Gasteiger partial charge in [0.25, 0.3) is 20.0 Å². The molecular weight excluding hydrogens is 372 g/mol. The molecule has 0 aliphatic heterocycles. The first-order chi connectivity index (χ1) is 11.3. The first-order valence-corrected chi connectivity index (χ1v) is 11.0. The monoisotopic (exact) mass is 390 g/mol. The number of primary sulfonamides is 1. The van der Waals surface area contributed by atoms with E-state index in [2.05, 4.69) is 10.2 Å². The van der Waals surface area contributed by atoms with Crippen LogP contribution in [0.3, 0.4) is 0 Å². The van der Waals surface area contributed by atoms with Gasteiger partial charge >= 0.3 is 0 Å². The standard InChI is InChI=1S/C13H18N4O4S3/c1-2-3-7-10-17(12-15-16-13(22-12)23(14,18)19)24(20,21)11-8-5-4-6-9-11/h4-6,8-9H,2-3,7,10H2,1H3,(H2,14,18,19). The molecule has 0 saturated carbocycles. The zero-order valence-corrected chi connectivity index (χ0v) is 15.4. The molecule has 0 atom stereocenters. The molecule has 0 aliphatic rings. The van der Waals surface area contributed by atoms with Crippen LogP contribution in [0.25, 0.3) is 0 Å². The molecular formula is C13H18N4O4S3. The van der Waals surface area contributed by atoms with Crippen molar-refractivity contribution in [3.8, 4) is 0 Å². The van der Waals surface area contributed by atoms with Crippen molar-refractivity contribution in [2.45, 2.75) is 35.4 Å². The first kappa shape index (κ1) is 18.8. The Kier molecular flexibility index (Phi) is 5.91. The fourth-order valence-electron chi connectivity index (χ4n) is 1.96. The molecule has 2 N–H and O–H groups in total. The largest absolute Gasteiger partial charge is 0.267 e. The highest BCUT2D eigenvalue weighted by molar-refractivity contribution is 7.93. The molecule has 0 bridgehead atoms. The molecule has 0 fully saturated rings. The predicted octanol–water partition coefficient (Wildman–Crippen LogP) is 1.57. The number of hydrogen-bond donors (Lipinski definition) is 1. The van der Waals surface area contributed by atoms with Crippen LogP contribution in [0.5, 0.6) is 0 Å². The molecule has 132 valence electrons. The van der Waals surface area contributed by atoms with Crippen molar-refractivity contribution in [3.63, 3.8) is 0 Å². The third-order valence-corrected chi connectivity index (χ3v) is 7.32. The van der Waals surface area contributed by atoms with E-state index in [9.17, 15) is 16.8 Å². The van der Waals surface area contributed by atoms with Crippen LogP contribution in [0.2, 0.25) is 0 Å². The normalized spacial score (nSPS) is 12.2. The number of nitrogens with two attached hydrogens (primary N) is 1. The van der Waals surface area contributed by atoms with E-state index in [-0.39, 0.29) is 16.6 Å². The molecule has 0 spiro atoms. The lowest BCUT2D eigenvalue weighted by Crippen LogP contribution is -2.32. The van der Waals surface area contributed by atoms with Crippen LogP contribution in [-0.2, 0) is 20.0 Å². The van der Waals surface area contributed by atoms with Gasteiger partial charge in [0.05, 0.1) is 4.90 Å². The highest BCUT2D eigenvalue weighted by Crippen LogP contribution is 2.28. The minimum Gasteiger partial charge on any atom is -0.240 e. The van der Waals surface area contributed by atoms with Crippen LogP contribution in [0.15, 0.2) is 39.6 Å². The van der Waals surface area contributed by atoms with Gasteiger partial charge in [-0.1, -0.05) is 49.3 Å². The molecule has 0 saturated heterocycles. The Morgan fingerprint density at radius 1 is 1.08 bits per heavy atom. The summed E-state index contributed by atoms with van der Waals surface area (Å²) < 4.78 is 49.1. The van der Waals surface area contributed by atoms with E-state index in [0.29, 0.717) is 17.8 Å². The first-order valence-electron chi connectivity index (χ1n) is 7.21. The van der Waals surface area contributed by atoms with Crippen molar-refractivity contribution in [1.82, 2.24) is 10.2 Å². The number of nitrogens with zero attached hydrogens (tertiary/aromatic N) is 3. The van der Waals surface area contributed by atoms with Crippen LogP contribution in [0.4, 0.5) is 5.13 Å². The number of benzene rings is 1. The Morgan fingerprint density at radius 3 is 2.29 bits per heavy atom. The molecule has 0 unspecified atom stereocenters. The topological polar surface area (TPSA) is 123 Å². The summed E-state index contributed by atoms with van der Waals surface area (Å²) in [5, 5.41) is 12.2. The van der Waals surface area contributed by atoms with Crippen LogP contribution in [0, 0.1) is 0 Å². The van der Waals surface area contributed by atoms with Crippen molar-refractivity contribution in [3.05, 3.63) is 30.3 Å². The number of sulfonamides is 2. The lowest BCUT2D eigenvalue weighted by molar-refractivity contribution is 0.586. The fourth-order valence-corrected chi connectivity index (χ4v) is 5.09. The third-order valence-electron chi connectivity index (χ3n) is 3.15. The molecule has 1 aromatic carbocycles. The van der Waals surface area contributed by atoms with Crippen LogP contribution in [-0.4, -0.2) is 33.6 Å². The molecule has 8 nitrogen and oxygen atoms in total. The molecule has 2 aromatic rings. The quantitative estimate of drug-likeness (QED) is 0.682. The summed E-state index contributed by atoms with van der Waals surface area (Å²) in [6.07, 6.45) is 2.37. The van der Waals surface area contributed by atoms with Gasteiger partial charge in [-0.15, -0.1) is 10.2 Å². The summed E-state index contributed by atoms with van der Waals surface area (Å²) in [6.45, 7) is 2.18. The summed E-state index contributed by atoms with van der Waals surface area (Å²) in [7, 11) is -7.89. The lowest BCUT2D eigenvalue weighted by Gasteiger charge is -2.21. The van der Waals surface area contributed by atoms with Gasteiger partial charge in [0, 0.05) is 6.54 Å². The lowest BCUT2D eigenvalue weighted by atomic mass is 10.2. The third kappa shape index (κ3) is 4.29. The summed E-state index contributed by atoms with van der Waals surface area (Å²) in [6, 6.07) is 7.90. The maximum atomic E-state index is 12.9. The highest BCUT2D eigenvalue weighted by atomic mass is 32.2. The van der Waals surface area contributed by atoms with Gasteiger partial charge in [-0.2, -0.15) is 0 Å². The Balaban J connectivity index is 2.43. The smallest absolute Gasteiger partial charge is 0.240 e. The zero-order chi connectivity index (χ0) is 17.8. The average molecular weight is 391 g/mol. The number of hydrogen-bond acceptors (Lipinski definition) is 7. The van der Waals surface area contributed by atoms with E-state index in [4.69, 9.17) is 5.14 Å². The molecule has 2 rings (SSSR count). The molecule has 24 heavy (non-hydrogen) atoms. The Morgan fingerprint density at radius 2 is 1.75 bits per heavy atom. The van der Waals surface area contributed by atoms with E-state index in [1.165, 1.54) is 12.1 Å². The summed E-state index contributed by atoms with van der Waals surface area (Å²) in [5.74, 6) is 0. The molecule has 11 heteroatoms.